The number of aryl methyl sites for hydroxylation is 1. The van der Waals surface area contributed by atoms with E-state index in [-0.39, 0.29) is 23.1 Å². The molecule has 0 fully saturated rings. The largest absolute Gasteiger partial charge is 0.349 e. The van der Waals surface area contributed by atoms with Gasteiger partial charge in [0.2, 0.25) is 0 Å². The minimum absolute atomic E-state index is 0.0538. The molecule has 20 heavy (non-hydrogen) atoms. The molecule has 112 valence electrons. The normalized spacial score (nSPS) is 12.2. The number of hydrogen-bond donors (Lipinski definition) is 2. The summed E-state index contributed by atoms with van der Waals surface area (Å²) < 4.78 is 0. The second-order valence-electron chi connectivity index (χ2n) is 5.06. The van der Waals surface area contributed by atoms with Gasteiger partial charge in [-0.05, 0) is 25.8 Å². The van der Waals surface area contributed by atoms with Gasteiger partial charge >= 0.3 is 0 Å². The molecule has 1 aromatic rings. The predicted octanol–water partition coefficient (Wildman–Crippen LogP) is 3.29. The lowest BCUT2D eigenvalue weighted by Gasteiger charge is -2.13. The molecule has 0 spiro atoms. The highest BCUT2D eigenvalue weighted by Crippen LogP contribution is 2.13. The van der Waals surface area contributed by atoms with E-state index < -0.39 is 0 Å². The molecule has 0 saturated heterocycles. The van der Waals surface area contributed by atoms with Gasteiger partial charge in [-0.3, -0.25) is 9.59 Å². The molecular weight excluding hydrogens is 276 g/mol. The summed E-state index contributed by atoms with van der Waals surface area (Å²) in [7, 11) is 0. The molecule has 1 atom stereocenters. The number of carbonyl (C=O) groups excluding carboxylic acids is 1. The molecule has 0 aliphatic rings. The molecule has 1 aromatic heterocycles. The van der Waals surface area contributed by atoms with E-state index in [1.807, 2.05) is 13.8 Å². The van der Waals surface area contributed by atoms with E-state index in [2.05, 4.69) is 17.2 Å². The summed E-state index contributed by atoms with van der Waals surface area (Å²) in [4.78, 5) is 26.6. The number of unbranched alkanes of at least 4 members (excludes halogenated alkanes) is 2. The summed E-state index contributed by atoms with van der Waals surface area (Å²) in [5.41, 5.74) is 0.350. The number of aromatic amines is 1. The van der Waals surface area contributed by atoms with Gasteiger partial charge in [0.1, 0.15) is 5.56 Å². The third-order valence-corrected chi connectivity index (χ3v) is 3.62. The lowest BCUT2D eigenvalue weighted by molar-refractivity contribution is 0.0936. The number of hydrogen-bond acceptors (Lipinski definition) is 2. The van der Waals surface area contributed by atoms with Crippen LogP contribution in [0.4, 0.5) is 0 Å². The zero-order valence-corrected chi connectivity index (χ0v) is 13.1. The van der Waals surface area contributed by atoms with Crippen molar-refractivity contribution in [3.8, 4) is 0 Å². The van der Waals surface area contributed by atoms with Crippen molar-refractivity contribution in [3.63, 3.8) is 0 Å². The highest BCUT2D eigenvalue weighted by atomic mass is 35.5. The first-order valence-electron chi connectivity index (χ1n) is 7.22. The zero-order chi connectivity index (χ0) is 15.1. The van der Waals surface area contributed by atoms with Crippen LogP contribution in [0.5, 0.6) is 0 Å². The molecule has 0 radical (unpaired) electrons. The van der Waals surface area contributed by atoms with E-state index in [1.165, 1.54) is 6.07 Å². The maximum Gasteiger partial charge on any atom is 0.261 e. The predicted molar refractivity (Wildman–Crippen MR) is 82.5 cm³/mol. The summed E-state index contributed by atoms with van der Waals surface area (Å²) >= 11 is 6.03. The van der Waals surface area contributed by atoms with Gasteiger partial charge in [0.05, 0.1) is 5.02 Å². The van der Waals surface area contributed by atoms with Crippen LogP contribution in [-0.4, -0.2) is 16.9 Å². The molecule has 0 unspecified atom stereocenters. The third kappa shape index (κ3) is 4.67. The molecule has 0 saturated carbocycles. The van der Waals surface area contributed by atoms with Gasteiger partial charge in [-0.25, -0.2) is 0 Å². The van der Waals surface area contributed by atoms with Crippen LogP contribution in [0.1, 0.15) is 62.5 Å². The first-order chi connectivity index (χ1) is 9.49. The Morgan fingerprint density at radius 2 is 2.10 bits per heavy atom. The Kier molecular flexibility index (Phi) is 6.79. The summed E-state index contributed by atoms with van der Waals surface area (Å²) in [6.45, 7) is 5.98. The van der Waals surface area contributed by atoms with E-state index in [0.29, 0.717) is 17.1 Å². The topological polar surface area (TPSA) is 62.0 Å². The number of rotatable bonds is 7. The third-order valence-electron chi connectivity index (χ3n) is 3.28. The van der Waals surface area contributed by atoms with Crippen LogP contribution >= 0.6 is 11.6 Å². The molecule has 0 aromatic carbocycles. The fraction of sp³-hybridized carbons (Fsp3) is 0.600. The molecule has 1 rings (SSSR count). The highest BCUT2D eigenvalue weighted by molar-refractivity contribution is 6.31. The van der Waals surface area contributed by atoms with Gasteiger partial charge in [0, 0.05) is 11.7 Å². The molecule has 1 heterocycles. The maximum atomic E-state index is 12.1. The van der Waals surface area contributed by atoms with E-state index in [9.17, 15) is 9.59 Å². The van der Waals surface area contributed by atoms with Crippen molar-refractivity contribution in [1.29, 1.82) is 0 Å². The smallest absolute Gasteiger partial charge is 0.261 e. The number of carbonyl (C=O) groups is 1. The Bertz CT molecular complexity index is 511. The van der Waals surface area contributed by atoms with Gasteiger partial charge in [-0.1, -0.05) is 44.7 Å². The zero-order valence-electron chi connectivity index (χ0n) is 12.4. The SMILES string of the molecule is CCCCC[C@@H](C)NC(=O)c1cc(Cl)c(CC)[nH]c1=O. The Hall–Kier alpha value is -1.29. The van der Waals surface area contributed by atoms with E-state index in [4.69, 9.17) is 11.6 Å². The highest BCUT2D eigenvalue weighted by Gasteiger charge is 2.15. The van der Waals surface area contributed by atoms with Crippen molar-refractivity contribution < 1.29 is 4.79 Å². The van der Waals surface area contributed by atoms with Gasteiger partial charge < -0.3 is 10.3 Å². The van der Waals surface area contributed by atoms with Crippen LogP contribution < -0.4 is 10.9 Å². The first kappa shape index (κ1) is 16.8. The number of nitrogens with one attached hydrogen (secondary N) is 2. The average Bonchev–Trinajstić information content (AvgIpc) is 2.41. The lowest BCUT2D eigenvalue weighted by Crippen LogP contribution is -2.36. The lowest BCUT2D eigenvalue weighted by atomic mass is 10.1. The Balaban J connectivity index is 2.73. The molecule has 5 heteroatoms. The summed E-state index contributed by atoms with van der Waals surface area (Å²) in [6, 6.07) is 1.51. The molecule has 4 nitrogen and oxygen atoms in total. The molecule has 0 aliphatic carbocycles. The summed E-state index contributed by atoms with van der Waals surface area (Å²) in [6.07, 6.45) is 4.91. The van der Waals surface area contributed by atoms with Crippen molar-refractivity contribution in [2.75, 3.05) is 0 Å². The van der Waals surface area contributed by atoms with Crippen molar-refractivity contribution in [2.24, 2.45) is 0 Å². The quantitative estimate of drug-likeness (QED) is 0.759. The van der Waals surface area contributed by atoms with Crippen molar-refractivity contribution in [1.82, 2.24) is 10.3 Å². The molecule has 0 bridgehead atoms. The van der Waals surface area contributed by atoms with Crippen LogP contribution in [0.2, 0.25) is 5.02 Å². The molecular formula is C15H23ClN2O2. The van der Waals surface area contributed by atoms with Gasteiger partial charge in [0.15, 0.2) is 0 Å². The van der Waals surface area contributed by atoms with Crippen LogP contribution in [0, 0.1) is 0 Å². The van der Waals surface area contributed by atoms with Crippen molar-refractivity contribution >= 4 is 17.5 Å². The Morgan fingerprint density at radius 3 is 2.70 bits per heavy atom. The fourth-order valence-electron chi connectivity index (χ4n) is 2.04. The number of amides is 1. The van der Waals surface area contributed by atoms with Gasteiger partial charge in [-0.2, -0.15) is 0 Å². The maximum absolute atomic E-state index is 12.1. The van der Waals surface area contributed by atoms with E-state index >= 15 is 0 Å². The van der Waals surface area contributed by atoms with Crippen LogP contribution in [0.15, 0.2) is 10.9 Å². The van der Waals surface area contributed by atoms with Crippen molar-refractivity contribution in [3.05, 3.63) is 32.7 Å². The molecule has 1 amide bonds. The molecule has 2 N–H and O–H groups in total. The fourth-order valence-corrected chi connectivity index (χ4v) is 2.33. The van der Waals surface area contributed by atoms with Crippen molar-refractivity contribution in [2.45, 2.75) is 58.9 Å². The number of aromatic nitrogens is 1. The van der Waals surface area contributed by atoms with Crippen LogP contribution in [-0.2, 0) is 6.42 Å². The van der Waals surface area contributed by atoms with Gasteiger partial charge in [0.25, 0.3) is 11.5 Å². The summed E-state index contributed by atoms with van der Waals surface area (Å²) in [5.74, 6) is -0.361. The monoisotopic (exact) mass is 298 g/mol. The minimum Gasteiger partial charge on any atom is -0.349 e. The minimum atomic E-state index is -0.385. The van der Waals surface area contributed by atoms with Crippen LogP contribution in [0.25, 0.3) is 0 Å². The Morgan fingerprint density at radius 1 is 1.40 bits per heavy atom. The second-order valence-corrected chi connectivity index (χ2v) is 5.47. The standard InChI is InChI=1S/C15H23ClN2O2/c1-4-6-7-8-10(3)17-14(19)11-9-12(16)13(5-2)18-15(11)20/h9-10H,4-8H2,1-3H3,(H,17,19)(H,18,20)/t10-/m1/s1. The average molecular weight is 299 g/mol. The summed E-state index contributed by atoms with van der Waals surface area (Å²) in [5, 5.41) is 3.27. The van der Waals surface area contributed by atoms with Crippen LogP contribution in [0.3, 0.4) is 0 Å². The first-order valence-corrected chi connectivity index (χ1v) is 7.59. The number of halogens is 1. The van der Waals surface area contributed by atoms with E-state index in [1.54, 1.807) is 0 Å². The second kappa shape index (κ2) is 8.10. The molecule has 0 aliphatic heterocycles. The number of pyridine rings is 1. The van der Waals surface area contributed by atoms with E-state index in [0.717, 1.165) is 25.7 Å². The number of H-pyrrole nitrogens is 1. The van der Waals surface area contributed by atoms with Gasteiger partial charge in [-0.15, -0.1) is 0 Å². The Labute approximate surface area is 124 Å².